The number of ether oxygens (including phenoxy) is 1. The van der Waals surface area contributed by atoms with Crippen molar-refractivity contribution >= 4 is 35.1 Å². The minimum Gasteiger partial charge on any atom is -0.466 e. The number of hydrogen-bond donors (Lipinski definition) is 3. The fourth-order valence-electron chi connectivity index (χ4n) is 2.71. The first-order valence-corrected chi connectivity index (χ1v) is 10.6. The van der Waals surface area contributed by atoms with Gasteiger partial charge in [-0.25, -0.2) is 0 Å². The van der Waals surface area contributed by atoms with Crippen LogP contribution in [0, 0.1) is 0 Å². The predicted molar refractivity (Wildman–Crippen MR) is 122 cm³/mol. The summed E-state index contributed by atoms with van der Waals surface area (Å²) in [6, 6.07) is 19.6. The molecule has 0 aromatic heterocycles. The topological polar surface area (TPSA) is 96.5 Å². The van der Waals surface area contributed by atoms with Crippen LogP contribution in [0.2, 0.25) is 0 Å². The van der Waals surface area contributed by atoms with Crippen LogP contribution in [-0.4, -0.2) is 29.5 Å². The van der Waals surface area contributed by atoms with E-state index in [1.807, 2.05) is 60.7 Å². The summed E-state index contributed by atoms with van der Waals surface area (Å²) in [7, 11) is 0. The van der Waals surface area contributed by atoms with Crippen LogP contribution in [0.15, 0.2) is 60.7 Å². The van der Waals surface area contributed by atoms with Crippen LogP contribution in [0.5, 0.6) is 0 Å². The van der Waals surface area contributed by atoms with E-state index in [1.54, 1.807) is 0 Å². The molecule has 0 unspecified atom stereocenters. The Bertz CT molecular complexity index is 860. The number of rotatable bonds is 10. The third kappa shape index (κ3) is 10.9. The molecule has 0 fully saturated rings. The van der Waals surface area contributed by atoms with Gasteiger partial charge in [0.05, 0.1) is 13.0 Å². The van der Waals surface area contributed by atoms with Gasteiger partial charge in [-0.2, -0.15) is 0 Å². The van der Waals surface area contributed by atoms with Crippen LogP contribution >= 0.6 is 12.2 Å². The van der Waals surface area contributed by atoms with Crippen LogP contribution in [-0.2, 0) is 32.0 Å². The number of benzene rings is 2. The number of amides is 2. The van der Waals surface area contributed by atoms with Gasteiger partial charge in [0.15, 0.2) is 5.11 Å². The molecule has 8 heteroatoms. The summed E-state index contributed by atoms with van der Waals surface area (Å²) in [4.78, 5) is 35.4. The van der Waals surface area contributed by atoms with Crippen LogP contribution in [0.25, 0.3) is 0 Å². The first kappa shape index (κ1) is 24.0. The van der Waals surface area contributed by atoms with Gasteiger partial charge in [-0.15, -0.1) is 0 Å². The molecule has 2 amide bonds. The van der Waals surface area contributed by atoms with Gasteiger partial charge in [-0.05, 0) is 42.6 Å². The zero-order chi connectivity index (χ0) is 22.3. The van der Waals surface area contributed by atoms with Crippen molar-refractivity contribution in [1.29, 1.82) is 0 Å². The number of esters is 1. The highest BCUT2D eigenvalue weighted by Crippen LogP contribution is 2.03. The minimum absolute atomic E-state index is 0.0331. The molecule has 0 heterocycles. The van der Waals surface area contributed by atoms with Gasteiger partial charge in [0, 0.05) is 12.8 Å². The molecule has 3 N–H and O–H groups in total. The zero-order valence-electron chi connectivity index (χ0n) is 17.3. The van der Waals surface area contributed by atoms with E-state index < -0.39 is 11.9 Å². The van der Waals surface area contributed by atoms with Gasteiger partial charge in [0.25, 0.3) is 0 Å². The Labute approximate surface area is 187 Å². The molecule has 2 rings (SSSR count). The van der Waals surface area contributed by atoms with Crippen molar-refractivity contribution in [2.45, 2.75) is 38.5 Å². The quantitative estimate of drug-likeness (QED) is 0.227. The normalized spacial score (nSPS) is 10.1. The van der Waals surface area contributed by atoms with E-state index in [1.165, 1.54) is 5.56 Å². The fourth-order valence-corrected chi connectivity index (χ4v) is 2.87. The SMILES string of the molecule is O=C(CCc1ccccc1)NNC(=S)NC(=O)CCC(=O)OCCCc1ccccc1. The van der Waals surface area contributed by atoms with Crippen molar-refractivity contribution in [2.24, 2.45) is 0 Å². The molecule has 2 aromatic carbocycles. The van der Waals surface area contributed by atoms with Gasteiger partial charge >= 0.3 is 5.97 Å². The molecule has 0 saturated heterocycles. The average molecular weight is 442 g/mol. The molecule has 0 aliphatic heterocycles. The summed E-state index contributed by atoms with van der Waals surface area (Å²) in [5.74, 6) is -1.12. The maximum absolute atomic E-state index is 11.9. The highest BCUT2D eigenvalue weighted by atomic mass is 32.1. The van der Waals surface area contributed by atoms with E-state index in [4.69, 9.17) is 17.0 Å². The molecule has 0 aliphatic carbocycles. The summed E-state index contributed by atoms with van der Waals surface area (Å²) < 4.78 is 5.14. The molecule has 0 spiro atoms. The second-order valence-electron chi connectivity index (χ2n) is 6.85. The molecule has 0 saturated carbocycles. The summed E-state index contributed by atoms with van der Waals surface area (Å²) in [5, 5.41) is 2.38. The monoisotopic (exact) mass is 441 g/mol. The van der Waals surface area contributed by atoms with Gasteiger partial charge in [0.2, 0.25) is 11.8 Å². The maximum atomic E-state index is 11.9. The van der Waals surface area contributed by atoms with E-state index in [-0.39, 0.29) is 30.3 Å². The summed E-state index contributed by atoms with van der Waals surface area (Å²) in [6.07, 6.45) is 2.33. The van der Waals surface area contributed by atoms with Crippen LogP contribution in [0.3, 0.4) is 0 Å². The van der Waals surface area contributed by atoms with Crippen molar-refractivity contribution in [1.82, 2.24) is 16.2 Å². The third-order valence-corrected chi connectivity index (χ3v) is 4.53. The van der Waals surface area contributed by atoms with Gasteiger partial charge in [-0.3, -0.25) is 25.2 Å². The molecule has 0 atom stereocenters. The first-order valence-electron chi connectivity index (χ1n) is 10.1. The van der Waals surface area contributed by atoms with Crippen molar-refractivity contribution in [2.75, 3.05) is 6.61 Å². The van der Waals surface area contributed by atoms with Crippen LogP contribution in [0.4, 0.5) is 0 Å². The Morgan fingerprint density at radius 3 is 2.00 bits per heavy atom. The number of aryl methyl sites for hydroxylation is 2. The molecular weight excluding hydrogens is 414 g/mol. The lowest BCUT2D eigenvalue weighted by Crippen LogP contribution is -2.48. The van der Waals surface area contributed by atoms with Gasteiger partial charge in [-0.1, -0.05) is 60.7 Å². The minimum atomic E-state index is -0.434. The molecule has 0 radical (unpaired) electrons. The highest BCUT2D eigenvalue weighted by molar-refractivity contribution is 7.80. The van der Waals surface area contributed by atoms with Crippen molar-refractivity contribution in [3.8, 4) is 0 Å². The number of carbonyl (C=O) groups excluding carboxylic acids is 3. The average Bonchev–Trinajstić information content (AvgIpc) is 2.79. The lowest BCUT2D eigenvalue weighted by Gasteiger charge is -2.11. The van der Waals surface area contributed by atoms with Crippen LogP contribution < -0.4 is 16.2 Å². The second-order valence-corrected chi connectivity index (χ2v) is 7.25. The van der Waals surface area contributed by atoms with E-state index >= 15 is 0 Å². The molecular formula is C23H27N3O4S. The first-order chi connectivity index (χ1) is 15.0. The number of carbonyl (C=O) groups is 3. The number of hydrazine groups is 1. The number of hydrogen-bond acceptors (Lipinski definition) is 5. The van der Waals surface area contributed by atoms with Crippen molar-refractivity contribution in [3.05, 3.63) is 71.8 Å². The Hall–Kier alpha value is -3.26. The Morgan fingerprint density at radius 2 is 1.35 bits per heavy atom. The number of nitrogens with one attached hydrogen (secondary N) is 3. The second kappa shape index (κ2) is 13.9. The smallest absolute Gasteiger partial charge is 0.306 e. The Kier molecular flexibility index (Phi) is 10.7. The van der Waals surface area contributed by atoms with E-state index in [0.29, 0.717) is 13.0 Å². The molecule has 0 aliphatic rings. The lowest BCUT2D eigenvalue weighted by molar-refractivity contribution is -0.145. The third-order valence-electron chi connectivity index (χ3n) is 4.32. The van der Waals surface area contributed by atoms with E-state index in [0.717, 1.165) is 18.4 Å². The van der Waals surface area contributed by atoms with Gasteiger partial charge < -0.3 is 10.1 Å². The van der Waals surface area contributed by atoms with Crippen molar-refractivity contribution in [3.63, 3.8) is 0 Å². The predicted octanol–water partition coefficient (Wildman–Crippen LogP) is 2.60. The zero-order valence-corrected chi connectivity index (χ0v) is 18.1. The van der Waals surface area contributed by atoms with Crippen molar-refractivity contribution < 1.29 is 19.1 Å². The largest absolute Gasteiger partial charge is 0.466 e. The molecule has 164 valence electrons. The molecule has 2 aromatic rings. The summed E-state index contributed by atoms with van der Waals surface area (Å²) >= 11 is 4.96. The van der Waals surface area contributed by atoms with Crippen LogP contribution in [0.1, 0.15) is 36.8 Å². The van der Waals surface area contributed by atoms with E-state index in [9.17, 15) is 14.4 Å². The van der Waals surface area contributed by atoms with E-state index in [2.05, 4.69) is 16.2 Å². The molecule has 7 nitrogen and oxygen atoms in total. The Balaban J connectivity index is 1.51. The maximum Gasteiger partial charge on any atom is 0.306 e. The lowest BCUT2D eigenvalue weighted by atomic mass is 10.1. The molecule has 31 heavy (non-hydrogen) atoms. The molecule has 0 bridgehead atoms. The van der Waals surface area contributed by atoms with Gasteiger partial charge in [0.1, 0.15) is 0 Å². The highest BCUT2D eigenvalue weighted by Gasteiger charge is 2.10. The Morgan fingerprint density at radius 1 is 0.742 bits per heavy atom. The number of thiocarbonyl (C=S) groups is 1. The summed E-state index contributed by atoms with van der Waals surface area (Å²) in [5.41, 5.74) is 7.15. The fraction of sp³-hybridized carbons (Fsp3) is 0.304. The summed E-state index contributed by atoms with van der Waals surface area (Å²) in [6.45, 7) is 0.310. The standard InChI is InChI=1S/C23H27N3O4S/c27-20(15-16-22(29)30-17-7-12-18-8-3-1-4-9-18)24-23(31)26-25-21(28)14-13-19-10-5-2-6-11-19/h1-6,8-11H,7,12-17H2,(H,25,28)(H2,24,26,27,31).